The number of aromatic hydroxyl groups is 1. The van der Waals surface area contributed by atoms with Crippen molar-refractivity contribution >= 4 is 5.82 Å². The number of nitrogens with two attached hydrogens (primary N) is 2. The van der Waals surface area contributed by atoms with E-state index in [1.807, 2.05) is 19.1 Å². The zero-order valence-electron chi connectivity index (χ0n) is 15.1. The summed E-state index contributed by atoms with van der Waals surface area (Å²) in [6, 6.07) is 7.45. The molecule has 2 aromatic rings. The van der Waals surface area contributed by atoms with Crippen molar-refractivity contribution in [2.24, 2.45) is 11.7 Å². The molecule has 1 aromatic carbocycles. The molecular formula is C20H25N5O. The molecule has 0 amide bonds. The standard InChI is InChI=1S/C20H25N5O/c1-12-5-8-17(26)15(9-12)20-24-18(16(11-22)19(23)25-20)14-4-2-3-13(10-21)6-7-14/h5,8-9,13-14,26H,2-4,6-7,10,21H2,1H3,(H2,23,24,25). The van der Waals surface area contributed by atoms with Crippen LogP contribution in [-0.2, 0) is 0 Å². The summed E-state index contributed by atoms with van der Waals surface area (Å²) in [6.07, 6.45) is 5.10. The highest BCUT2D eigenvalue weighted by Crippen LogP contribution is 2.37. The van der Waals surface area contributed by atoms with Crippen LogP contribution >= 0.6 is 0 Å². The topological polar surface area (TPSA) is 122 Å². The first-order valence-electron chi connectivity index (χ1n) is 9.11. The van der Waals surface area contributed by atoms with Gasteiger partial charge in [-0.1, -0.05) is 18.1 Å². The molecule has 1 fully saturated rings. The third kappa shape index (κ3) is 3.63. The highest BCUT2D eigenvalue weighted by molar-refractivity contribution is 5.67. The fourth-order valence-electron chi connectivity index (χ4n) is 3.74. The Morgan fingerprint density at radius 3 is 2.77 bits per heavy atom. The maximum atomic E-state index is 10.2. The molecule has 2 unspecified atom stereocenters. The summed E-state index contributed by atoms with van der Waals surface area (Å²) >= 11 is 0. The fourth-order valence-corrected chi connectivity index (χ4v) is 3.74. The molecule has 0 spiro atoms. The molecule has 0 saturated heterocycles. The predicted molar refractivity (Wildman–Crippen MR) is 101 cm³/mol. The minimum absolute atomic E-state index is 0.106. The third-order valence-corrected chi connectivity index (χ3v) is 5.28. The van der Waals surface area contributed by atoms with Crippen molar-refractivity contribution < 1.29 is 5.11 Å². The van der Waals surface area contributed by atoms with Crippen molar-refractivity contribution in [2.45, 2.75) is 44.9 Å². The van der Waals surface area contributed by atoms with Crippen LogP contribution in [0.3, 0.4) is 0 Å². The number of rotatable bonds is 3. The Morgan fingerprint density at radius 2 is 2.04 bits per heavy atom. The number of hydrogen-bond acceptors (Lipinski definition) is 6. The predicted octanol–water partition coefficient (Wildman–Crippen LogP) is 3.23. The van der Waals surface area contributed by atoms with Crippen LogP contribution in [0.1, 0.15) is 54.8 Å². The largest absolute Gasteiger partial charge is 0.507 e. The number of phenols is 1. The minimum atomic E-state index is 0.106. The van der Waals surface area contributed by atoms with Crippen molar-refractivity contribution in [1.82, 2.24) is 9.97 Å². The van der Waals surface area contributed by atoms with Gasteiger partial charge in [-0.25, -0.2) is 9.97 Å². The molecule has 0 radical (unpaired) electrons. The van der Waals surface area contributed by atoms with Gasteiger partial charge in [-0.05, 0) is 57.2 Å². The number of aryl methyl sites for hydroxylation is 1. The van der Waals surface area contributed by atoms with Gasteiger partial charge in [-0.15, -0.1) is 0 Å². The van der Waals surface area contributed by atoms with Crippen LogP contribution < -0.4 is 11.5 Å². The van der Waals surface area contributed by atoms with Crippen LogP contribution in [-0.4, -0.2) is 21.6 Å². The monoisotopic (exact) mass is 351 g/mol. The van der Waals surface area contributed by atoms with Crippen LogP contribution in [0.15, 0.2) is 18.2 Å². The highest BCUT2D eigenvalue weighted by atomic mass is 16.3. The van der Waals surface area contributed by atoms with Gasteiger partial charge in [-0.3, -0.25) is 0 Å². The summed E-state index contributed by atoms with van der Waals surface area (Å²) in [7, 11) is 0. The van der Waals surface area contributed by atoms with Gasteiger partial charge in [0.05, 0.1) is 11.3 Å². The third-order valence-electron chi connectivity index (χ3n) is 5.28. The second-order valence-electron chi connectivity index (χ2n) is 7.13. The molecule has 1 saturated carbocycles. The number of nitrogens with zero attached hydrogens (tertiary/aromatic N) is 3. The number of nitrogen functional groups attached to an aromatic ring is 1. The normalized spacial score (nSPS) is 20.3. The summed E-state index contributed by atoms with van der Waals surface area (Å²) in [6.45, 7) is 2.64. The summed E-state index contributed by atoms with van der Waals surface area (Å²) < 4.78 is 0. The Bertz CT molecular complexity index is 843. The van der Waals surface area contributed by atoms with Gasteiger partial charge >= 0.3 is 0 Å². The maximum Gasteiger partial charge on any atom is 0.165 e. The van der Waals surface area contributed by atoms with Crippen LogP contribution in [0.2, 0.25) is 0 Å². The van der Waals surface area contributed by atoms with E-state index in [0.29, 0.717) is 35.1 Å². The van der Waals surface area contributed by atoms with Crippen LogP contribution in [0.4, 0.5) is 5.82 Å². The van der Waals surface area contributed by atoms with E-state index < -0.39 is 0 Å². The molecule has 1 aromatic heterocycles. The quantitative estimate of drug-likeness (QED) is 0.730. The molecule has 3 rings (SSSR count). The van der Waals surface area contributed by atoms with Gasteiger partial charge in [0.25, 0.3) is 0 Å². The van der Waals surface area contributed by atoms with Gasteiger partial charge < -0.3 is 16.6 Å². The van der Waals surface area contributed by atoms with Gasteiger partial charge in [0, 0.05) is 5.92 Å². The number of phenolic OH excluding ortho intramolecular Hbond substituents is 1. The number of aromatic nitrogens is 2. The van der Waals surface area contributed by atoms with Crippen molar-refractivity contribution in [3.8, 4) is 23.2 Å². The second kappa shape index (κ2) is 7.71. The van der Waals surface area contributed by atoms with E-state index in [9.17, 15) is 10.4 Å². The molecule has 6 nitrogen and oxygen atoms in total. The molecule has 0 bridgehead atoms. The number of benzene rings is 1. The average molecular weight is 351 g/mol. The lowest BCUT2D eigenvalue weighted by Gasteiger charge is -2.17. The molecule has 26 heavy (non-hydrogen) atoms. The zero-order valence-corrected chi connectivity index (χ0v) is 15.1. The van der Waals surface area contributed by atoms with Crippen LogP contribution in [0, 0.1) is 24.2 Å². The van der Waals surface area contributed by atoms with Crippen LogP contribution in [0.5, 0.6) is 5.75 Å². The van der Waals surface area contributed by atoms with Gasteiger partial charge in [0.15, 0.2) is 5.82 Å². The molecule has 6 heteroatoms. The lowest BCUT2D eigenvalue weighted by molar-refractivity contribution is 0.466. The molecule has 0 aliphatic heterocycles. The van der Waals surface area contributed by atoms with Crippen molar-refractivity contribution in [2.75, 3.05) is 12.3 Å². The molecule has 2 atom stereocenters. The fraction of sp³-hybridized carbons (Fsp3) is 0.450. The first kappa shape index (κ1) is 18.2. The van der Waals surface area contributed by atoms with E-state index in [2.05, 4.69) is 16.0 Å². The van der Waals surface area contributed by atoms with Crippen molar-refractivity contribution in [3.05, 3.63) is 35.0 Å². The zero-order chi connectivity index (χ0) is 18.7. The molecule has 5 N–H and O–H groups in total. The number of hydrogen-bond donors (Lipinski definition) is 3. The lowest BCUT2D eigenvalue weighted by atomic mass is 9.92. The summed E-state index contributed by atoms with van der Waals surface area (Å²) in [5.74, 6) is 1.35. The molecule has 1 heterocycles. The average Bonchev–Trinajstić information content (AvgIpc) is 2.88. The van der Waals surface area contributed by atoms with Gasteiger partial charge in [-0.2, -0.15) is 5.26 Å². The van der Waals surface area contributed by atoms with Crippen molar-refractivity contribution in [3.63, 3.8) is 0 Å². The van der Waals surface area contributed by atoms with E-state index in [1.165, 1.54) is 0 Å². The SMILES string of the molecule is Cc1ccc(O)c(-c2nc(N)c(C#N)c(C3CCCC(CN)CC3)n2)c1. The second-order valence-corrected chi connectivity index (χ2v) is 7.13. The van der Waals surface area contributed by atoms with Crippen molar-refractivity contribution in [1.29, 1.82) is 5.26 Å². The Labute approximate surface area is 153 Å². The summed E-state index contributed by atoms with van der Waals surface area (Å²) in [5, 5.41) is 19.8. The van der Waals surface area contributed by atoms with E-state index >= 15 is 0 Å². The van der Waals surface area contributed by atoms with E-state index in [-0.39, 0.29) is 17.5 Å². The first-order valence-corrected chi connectivity index (χ1v) is 9.11. The van der Waals surface area contributed by atoms with E-state index in [0.717, 1.165) is 37.7 Å². The Balaban J connectivity index is 2.05. The smallest absolute Gasteiger partial charge is 0.165 e. The molecule has 1 aliphatic carbocycles. The first-order chi connectivity index (χ1) is 12.5. The Morgan fingerprint density at radius 1 is 1.23 bits per heavy atom. The minimum Gasteiger partial charge on any atom is -0.507 e. The molecule has 136 valence electrons. The van der Waals surface area contributed by atoms with E-state index in [1.54, 1.807) is 6.07 Å². The van der Waals surface area contributed by atoms with Crippen LogP contribution in [0.25, 0.3) is 11.4 Å². The molecule has 1 aliphatic rings. The summed E-state index contributed by atoms with van der Waals surface area (Å²) in [4.78, 5) is 8.98. The highest BCUT2D eigenvalue weighted by Gasteiger charge is 2.25. The maximum absolute atomic E-state index is 10.2. The Hall–Kier alpha value is -2.65. The van der Waals surface area contributed by atoms with Gasteiger partial charge in [0.2, 0.25) is 0 Å². The lowest BCUT2D eigenvalue weighted by Crippen LogP contribution is -2.13. The number of nitriles is 1. The summed E-state index contributed by atoms with van der Waals surface area (Å²) in [5.41, 5.74) is 14.5. The molecular weight excluding hydrogens is 326 g/mol. The van der Waals surface area contributed by atoms with E-state index in [4.69, 9.17) is 11.5 Å². The van der Waals surface area contributed by atoms with Gasteiger partial charge in [0.1, 0.15) is 23.2 Å². The Kier molecular flexibility index (Phi) is 5.38. The number of anilines is 1.